The maximum atomic E-state index is 12.4. The van der Waals surface area contributed by atoms with E-state index in [0.717, 1.165) is 10.5 Å². The number of nitrogens with zero attached hydrogens (tertiary/aromatic N) is 1. The van der Waals surface area contributed by atoms with Gasteiger partial charge in [0, 0.05) is 16.7 Å². The molecule has 25 heavy (non-hydrogen) atoms. The first-order chi connectivity index (χ1) is 11.8. The van der Waals surface area contributed by atoms with Crippen molar-refractivity contribution in [1.82, 2.24) is 0 Å². The fourth-order valence-corrected chi connectivity index (χ4v) is 2.80. The minimum Gasteiger partial charge on any atom is -0.324 e. The summed E-state index contributed by atoms with van der Waals surface area (Å²) >= 11 is 12.1. The summed E-state index contributed by atoms with van der Waals surface area (Å²) in [7, 11) is 1.86. The lowest BCUT2D eigenvalue weighted by molar-refractivity contribution is -0.907. The van der Waals surface area contributed by atoms with E-state index in [2.05, 4.69) is 5.32 Å². The van der Waals surface area contributed by atoms with Crippen LogP contribution in [0.4, 0.5) is 11.4 Å². The van der Waals surface area contributed by atoms with Gasteiger partial charge >= 0.3 is 0 Å². The van der Waals surface area contributed by atoms with Gasteiger partial charge in [-0.2, -0.15) is 0 Å². The predicted molar refractivity (Wildman–Crippen MR) is 98.2 cm³/mol. The standard InChI is InChI=1S/C17H17Cl2N3O3/c1-11(21(2)10-12-7-8-13(18)9-14(12)19)17(23)20-15-5-3-4-6-16(15)22(24)25/h3-9,11H,10H2,1-2H3,(H,20,23)/p+1/t11-/m0/s1. The molecular formula is C17H18Cl2N3O3+. The molecule has 2 N–H and O–H groups in total. The number of nitro benzene ring substituents is 1. The fraction of sp³-hybridized carbons (Fsp3) is 0.235. The smallest absolute Gasteiger partial charge is 0.292 e. The van der Waals surface area contributed by atoms with Crippen LogP contribution in [0.25, 0.3) is 0 Å². The number of nitro groups is 1. The molecule has 6 nitrogen and oxygen atoms in total. The summed E-state index contributed by atoms with van der Waals surface area (Å²) in [6.45, 7) is 2.27. The molecule has 0 fully saturated rings. The predicted octanol–water partition coefficient (Wildman–Crippen LogP) is 2.94. The van der Waals surface area contributed by atoms with Gasteiger partial charge in [0.15, 0.2) is 6.04 Å². The highest BCUT2D eigenvalue weighted by molar-refractivity contribution is 6.35. The first-order valence-electron chi connectivity index (χ1n) is 7.60. The molecule has 2 atom stereocenters. The van der Waals surface area contributed by atoms with Crippen LogP contribution in [0.1, 0.15) is 12.5 Å². The van der Waals surface area contributed by atoms with Crippen LogP contribution >= 0.6 is 23.2 Å². The van der Waals surface area contributed by atoms with Crippen molar-refractivity contribution < 1.29 is 14.6 Å². The van der Waals surface area contributed by atoms with Crippen LogP contribution in [0.2, 0.25) is 10.0 Å². The molecule has 2 aromatic rings. The molecule has 1 amide bonds. The van der Waals surface area contributed by atoms with E-state index in [1.165, 1.54) is 12.1 Å². The Labute approximate surface area is 155 Å². The third-order valence-electron chi connectivity index (χ3n) is 3.98. The van der Waals surface area contributed by atoms with E-state index in [9.17, 15) is 14.9 Å². The van der Waals surface area contributed by atoms with Crippen molar-refractivity contribution in [3.05, 3.63) is 68.2 Å². The van der Waals surface area contributed by atoms with Gasteiger partial charge in [0.2, 0.25) is 0 Å². The van der Waals surface area contributed by atoms with E-state index in [-0.39, 0.29) is 17.3 Å². The summed E-state index contributed by atoms with van der Waals surface area (Å²) in [4.78, 5) is 23.9. The van der Waals surface area contributed by atoms with Crippen molar-refractivity contribution in [1.29, 1.82) is 0 Å². The highest BCUT2D eigenvalue weighted by Gasteiger charge is 2.25. The van der Waals surface area contributed by atoms with Crippen LogP contribution in [0.3, 0.4) is 0 Å². The van der Waals surface area contributed by atoms with Gasteiger partial charge in [-0.3, -0.25) is 14.9 Å². The number of amides is 1. The fourth-order valence-electron chi connectivity index (χ4n) is 2.32. The number of carbonyl (C=O) groups excluding carboxylic acids is 1. The van der Waals surface area contributed by atoms with Crippen LogP contribution in [0, 0.1) is 10.1 Å². The van der Waals surface area contributed by atoms with Crippen molar-refractivity contribution >= 4 is 40.5 Å². The van der Waals surface area contributed by atoms with E-state index in [0.29, 0.717) is 16.6 Å². The van der Waals surface area contributed by atoms with Crippen LogP contribution in [0.15, 0.2) is 42.5 Å². The Kier molecular flexibility index (Phi) is 6.36. The Morgan fingerprint density at radius 2 is 1.96 bits per heavy atom. The molecule has 2 aromatic carbocycles. The molecule has 0 heterocycles. The largest absolute Gasteiger partial charge is 0.324 e. The first kappa shape index (κ1) is 19.2. The van der Waals surface area contributed by atoms with E-state index in [4.69, 9.17) is 23.2 Å². The maximum absolute atomic E-state index is 12.4. The van der Waals surface area contributed by atoms with Crippen molar-refractivity contribution in [2.24, 2.45) is 0 Å². The number of quaternary nitrogens is 1. The molecule has 0 aliphatic heterocycles. The SMILES string of the molecule is C[C@@H](C(=O)Nc1ccccc1[N+](=O)[O-])[NH+](C)Cc1ccc(Cl)cc1Cl. The number of para-hydroxylation sites is 2. The molecule has 0 radical (unpaired) electrons. The maximum Gasteiger partial charge on any atom is 0.292 e. The average molecular weight is 383 g/mol. The highest BCUT2D eigenvalue weighted by Crippen LogP contribution is 2.23. The number of rotatable bonds is 6. The van der Waals surface area contributed by atoms with Gasteiger partial charge in [-0.1, -0.05) is 41.4 Å². The molecule has 0 aliphatic carbocycles. The molecule has 2 rings (SSSR count). The summed E-state index contributed by atoms with van der Waals surface area (Å²) in [5.41, 5.74) is 0.914. The minimum atomic E-state index is -0.523. The van der Waals surface area contributed by atoms with Crippen molar-refractivity contribution in [3.63, 3.8) is 0 Å². The van der Waals surface area contributed by atoms with Gasteiger partial charge in [-0.15, -0.1) is 0 Å². The summed E-state index contributed by atoms with van der Waals surface area (Å²) < 4.78 is 0. The van der Waals surface area contributed by atoms with Crippen LogP contribution in [-0.2, 0) is 11.3 Å². The van der Waals surface area contributed by atoms with Crippen LogP contribution in [-0.4, -0.2) is 23.9 Å². The van der Waals surface area contributed by atoms with Crippen molar-refractivity contribution in [2.45, 2.75) is 19.5 Å². The second-order valence-electron chi connectivity index (χ2n) is 5.74. The number of halogens is 2. The van der Waals surface area contributed by atoms with E-state index in [1.54, 1.807) is 31.2 Å². The Hall–Kier alpha value is -2.15. The topological polar surface area (TPSA) is 76.7 Å². The normalized spacial score (nSPS) is 13.1. The lowest BCUT2D eigenvalue weighted by Crippen LogP contribution is -3.12. The van der Waals surface area contributed by atoms with E-state index < -0.39 is 11.0 Å². The zero-order valence-corrected chi connectivity index (χ0v) is 15.3. The highest BCUT2D eigenvalue weighted by atomic mass is 35.5. The minimum absolute atomic E-state index is 0.138. The zero-order chi connectivity index (χ0) is 18.6. The molecule has 0 saturated heterocycles. The van der Waals surface area contributed by atoms with E-state index >= 15 is 0 Å². The van der Waals surface area contributed by atoms with Crippen LogP contribution in [0.5, 0.6) is 0 Å². The third kappa shape index (κ3) is 4.92. The lowest BCUT2D eigenvalue weighted by atomic mass is 10.1. The lowest BCUT2D eigenvalue weighted by Gasteiger charge is -2.21. The molecule has 0 saturated carbocycles. The van der Waals surface area contributed by atoms with Gasteiger partial charge in [-0.25, -0.2) is 0 Å². The van der Waals surface area contributed by atoms with Crippen molar-refractivity contribution in [2.75, 3.05) is 12.4 Å². The Morgan fingerprint density at radius 1 is 1.28 bits per heavy atom. The Morgan fingerprint density at radius 3 is 2.60 bits per heavy atom. The van der Waals surface area contributed by atoms with Crippen molar-refractivity contribution in [3.8, 4) is 0 Å². The quantitative estimate of drug-likeness (QED) is 0.595. The molecule has 132 valence electrons. The number of nitrogens with one attached hydrogen (secondary N) is 2. The first-order valence-corrected chi connectivity index (χ1v) is 8.35. The molecule has 0 aromatic heterocycles. The summed E-state index contributed by atoms with van der Waals surface area (Å²) in [6.07, 6.45) is 0. The molecule has 1 unspecified atom stereocenters. The van der Waals surface area contributed by atoms with Crippen LogP contribution < -0.4 is 10.2 Å². The monoisotopic (exact) mass is 382 g/mol. The zero-order valence-electron chi connectivity index (χ0n) is 13.8. The number of carbonyl (C=O) groups is 1. The molecule has 0 aliphatic rings. The molecular weight excluding hydrogens is 365 g/mol. The van der Waals surface area contributed by atoms with Gasteiger partial charge in [0.25, 0.3) is 11.6 Å². The number of benzene rings is 2. The summed E-state index contributed by atoms with van der Waals surface area (Å²) in [5, 5.41) is 14.8. The average Bonchev–Trinajstić information content (AvgIpc) is 2.56. The number of hydrogen-bond acceptors (Lipinski definition) is 3. The summed E-state index contributed by atoms with van der Waals surface area (Å²) in [6, 6.07) is 10.8. The van der Waals surface area contributed by atoms with Gasteiger partial charge in [-0.05, 0) is 25.1 Å². The number of anilines is 1. The Bertz CT molecular complexity index is 798. The van der Waals surface area contributed by atoms with Gasteiger partial charge in [0.1, 0.15) is 12.2 Å². The molecule has 0 bridgehead atoms. The second kappa shape index (κ2) is 8.29. The van der Waals surface area contributed by atoms with Gasteiger partial charge in [0.05, 0.1) is 17.0 Å². The molecule has 8 heteroatoms. The second-order valence-corrected chi connectivity index (χ2v) is 6.59. The van der Waals surface area contributed by atoms with E-state index in [1.807, 2.05) is 13.1 Å². The van der Waals surface area contributed by atoms with Gasteiger partial charge < -0.3 is 10.2 Å². The summed E-state index contributed by atoms with van der Waals surface area (Å²) in [5.74, 6) is -0.308. The number of hydrogen-bond donors (Lipinski definition) is 2. The number of likely N-dealkylation sites (N-methyl/N-ethyl adjacent to an activating group) is 1. The Balaban J connectivity index is 2.08. The third-order valence-corrected chi connectivity index (χ3v) is 4.56. The molecule has 0 spiro atoms.